The van der Waals surface area contributed by atoms with Gasteiger partial charge in [0.15, 0.2) is 0 Å². The normalized spacial score (nSPS) is 46.9. The summed E-state index contributed by atoms with van der Waals surface area (Å²) in [5.74, 6) is 2.30. The predicted octanol–water partition coefficient (Wildman–Crippen LogP) is 6.10. The molecule has 9 atom stereocenters. The van der Waals surface area contributed by atoms with Crippen LogP contribution in [-0.4, -0.2) is 44.8 Å². The third-order valence-corrected chi connectivity index (χ3v) is 12.4. The van der Waals surface area contributed by atoms with Gasteiger partial charge in [-0.05, 0) is 132 Å². The molecule has 4 nitrogen and oxygen atoms in total. The van der Waals surface area contributed by atoms with Gasteiger partial charge in [0, 0.05) is 6.61 Å². The van der Waals surface area contributed by atoms with Crippen molar-refractivity contribution in [1.29, 1.82) is 0 Å². The van der Waals surface area contributed by atoms with Gasteiger partial charge in [-0.3, -0.25) is 0 Å². The Morgan fingerprint density at radius 1 is 0.853 bits per heavy atom. The Labute approximate surface area is 209 Å². The molecule has 0 spiro atoms. The van der Waals surface area contributed by atoms with E-state index in [1.54, 1.807) is 13.8 Å². The minimum atomic E-state index is -1.03. The van der Waals surface area contributed by atoms with E-state index >= 15 is 0 Å². The minimum Gasteiger partial charge on any atom is -0.390 e. The van der Waals surface area contributed by atoms with Crippen molar-refractivity contribution in [3.63, 3.8) is 0 Å². The van der Waals surface area contributed by atoms with Crippen molar-refractivity contribution in [2.45, 2.75) is 143 Å². The van der Waals surface area contributed by atoms with E-state index in [-0.39, 0.29) is 5.41 Å². The average Bonchev–Trinajstić information content (AvgIpc) is 3.01. The number of ether oxygens (including phenoxy) is 1. The summed E-state index contributed by atoms with van der Waals surface area (Å²) in [6.45, 7) is 18.3. The quantitative estimate of drug-likeness (QED) is 0.431. The molecule has 0 amide bonds. The largest absolute Gasteiger partial charge is 0.390 e. The van der Waals surface area contributed by atoms with Crippen LogP contribution < -0.4 is 0 Å². The van der Waals surface area contributed by atoms with Crippen LogP contribution in [0.4, 0.5) is 0 Å². The van der Waals surface area contributed by atoms with Crippen LogP contribution in [0.5, 0.6) is 0 Å². The summed E-state index contributed by atoms with van der Waals surface area (Å²) < 4.78 is 6.56. The molecule has 4 aliphatic rings. The fraction of sp³-hybridized carbons (Fsp3) is 1.00. The lowest BCUT2D eigenvalue weighted by molar-refractivity contribution is -0.291. The van der Waals surface area contributed by atoms with Gasteiger partial charge < -0.3 is 20.1 Å². The highest BCUT2D eigenvalue weighted by Gasteiger charge is 2.71. The first kappa shape index (κ1) is 26.9. The summed E-state index contributed by atoms with van der Waals surface area (Å²) in [6.07, 6.45) is 10.4. The second-order valence-electron chi connectivity index (χ2n) is 14.8. The molecule has 4 heteroatoms. The smallest absolute Gasteiger partial charge is 0.0995 e. The lowest BCUT2D eigenvalue weighted by Gasteiger charge is -2.69. The molecule has 3 saturated carbocycles. The molecular weight excluding hydrogens is 424 g/mol. The van der Waals surface area contributed by atoms with Gasteiger partial charge in [-0.2, -0.15) is 0 Å². The zero-order chi connectivity index (χ0) is 25.4. The molecular formula is C30H54O4. The van der Waals surface area contributed by atoms with Crippen LogP contribution in [0.2, 0.25) is 0 Å². The number of hydrogen-bond acceptors (Lipinski definition) is 4. The minimum absolute atomic E-state index is 0.210. The summed E-state index contributed by atoms with van der Waals surface area (Å²) in [5, 5.41) is 32.0. The first-order chi connectivity index (χ1) is 15.5. The Morgan fingerprint density at radius 2 is 1.53 bits per heavy atom. The fourth-order valence-electron chi connectivity index (χ4n) is 10.2. The molecule has 1 aliphatic heterocycles. The van der Waals surface area contributed by atoms with E-state index in [0.29, 0.717) is 40.9 Å². The molecule has 0 unspecified atom stereocenters. The summed E-state index contributed by atoms with van der Waals surface area (Å²) in [7, 11) is 0. The molecule has 0 aromatic rings. The molecule has 1 heterocycles. The van der Waals surface area contributed by atoms with E-state index in [0.717, 1.165) is 32.3 Å². The number of rotatable bonds is 6. The molecule has 198 valence electrons. The van der Waals surface area contributed by atoms with Gasteiger partial charge in [0.1, 0.15) is 0 Å². The van der Waals surface area contributed by atoms with Crippen molar-refractivity contribution in [3.8, 4) is 0 Å². The van der Waals surface area contributed by atoms with Crippen molar-refractivity contribution in [2.75, 3.05) is 6.61 Å². The molecule has 1 saturated heterocycles. The van der Waals surface area contributed by atoms with E-state index < -0.39 is 22.9 Å². The number of aliphatic hydroxyl groups excluding tert-OH is 1. The van der Waals surface area contributed by atoms with Gasteiger partial charge in [-0.1, -0.05) is 27.7 Å². The van der Waals surface area contributed by atoms with Gasteiger partial charge in [-0.15, -0.1) is 0 Å². The van der Waals surface area contributed by atoms with E-state index in [2.05, 4.69) is 27.7 Å². The van der Waals surface area contributed by atoms with Gasteiger partial charge in [-0.25, -0.2) is 0 Å². The zero-order valence-electron chi connectivity index (χ0n) is 23.4. The van der Waals surface area contributed by atoms with Crippen LogP contribution in [0.15, 0.2) is 0 Å². The van der Waals surface area contributed by atoms with Crippen LogP contribution in [-0.2, 0) is 4.74 Å². The summed E-state index contributed by atoms with van der Waals surface area (Å²) in [6, 6.07) is 0. The average molecular weight is 479 g/mol. The molecule has 0 bridgehead atoms. The van der Waals surface area contributed by atoms with Crippen LogP contribution in [0, 0.1) is 39.9 Å². The third kappa shape index (κ3) is 3.75. The van der Waals surface area contributed by atoms with Crippen LogP contribution >= 0.6 is 0 Å². The van der Waals surface area contributed by atoms with Gasteiger partial charge in [0.2, 0.25) is 0 Å². The van der Waals surface area contributed by atoms with Crippen molar-refractivity contribution < 1.29 is 20.1 Å². The summed E-state index contributed by atoms with van der Waals surface area (Å²) in [5.41, 5.74) is -1.43. The Balaban J connectivity index is 1.59. The van der Waals surface area contributed by atoms with Crippen LogP contribution in [0.25, 0.3) is 0 Å². The molecule has 3 N–H and O–H groups in total. The van der Waals surface area contributed by atoms with E-state index in [4.69, 9.17) is 4.74 Å². The highest BCUT2D eigenvalue weighted by atomic mass is 16.5. The standard InChI is InChI=1S/C30H54O4/c1-20(11-12-24(31)25(2,3)32)21-13-15-29(8)22-14-16-30(26(4,5)33)23(10-9-19-34-30)27(22,6)17-18-28(21,29)7/h20-24,31-33H,9-19H2,1-8H3/t20-,21-,22-,23-,24-,27+,28-,29+,30+/m0/s1. The molecule has 0 aromatic carbocycles. The van der Waals surface area contributed by atoms with E-state index in [1.165, 1.54) is 32.1 Å². The lowest BCUT2D eigenvalue weighted by Crippen LogP contribution is -2.69. The summed E-state index contributed by atoms with van der Waals surface area (Å²) >= 11 is 0. The van der Waals surface area contributed by atoms with Crippen molar-refractivity contribution >= 4 is 0 Å². The fourth-order valence-corrected chi connectivity index (χ4v) is 10.2. The highest BCUT2D eigenvalue weighted by molar-refractivity contribution is 5.20. The monoisotopic (exact) mass is 478 g/mol. The maximum absolute atomic E-state index is 11.3. The second-order valence-corrected chi connectivity index (χ2v) is 14.8. The van der Waals surface area contributed by atoms with Crippen LogP contribution in [0.1, 0.15) is 120 Å². The maximum atomic E-state index is 11.3. The molecule has 34 heavy (non-hydrogen) atoms. The number of fused-ring (bicyclic) bond motifs is 5. The maximum Gasteiger partial charge on any atom is 0.0995 e. The predicted molar refractivity (Wildman–Crippen MR) is 137 cm³/mol. The molecule has 4 rings (SSSR count). The molecule has 3 aliphatic carbocycles. The second kappa shape index (κ2) is 8.43. The number of aliphatic hydroxyl groups is 3. The van der Waals surface area contributed by atoms with Gasteiger partial charge in [0.05, 0.1) is 22.9 Å². The SMILES string of the molecule is C[C@@H](CC[C@H](O)C(C)(C)O)[C@@H]1CC[C@]2(C)[C@H]3CC[C@@]4(C(C)(C)O)OCCC[C@H]4[C@]3(C)CC[C@@]12C. The molecule has 0 aromatic heterocycles. The van der Waals surface area contributed by atoms with Gasteiger partial charge in [0.25, 0.3) is 0 Å². The third-order valence-electron chi connectivity index (χ3n) is 12.4. The Morgan fingerprint density at radius 3 is 2.15 bits per heavy atom. The molecule has 4 fully saturated rings. The Kier molecular flexibility index (Phi) is 6.67. The van der Waals surface area contributed by atoms with E-state index in [1.807, 2.05) is 13.8 Å². The topological polar surface area (TPSA) is 69.9 Å². The van der Waals surface area contributed by atoms with Crippen molar-refractivity contribution in [1.82, 2.24) is 0 Å². The summed E-state index contributed by atoms with van der Waals surface area (Å²) in [4.78, 5) is 0. The van der Waals surface area contributed by atoms with Crippen molar-refractivity contribution in [2.24, 2.45) is 39.9 Å². The highest BCUT2D eigenvalue weighted by Crippen LogP contribution is 2.75. The lowest BCUT2D eigenvalue weighted by atomic mass is 9.37. The van der Waals surface area contributed by atoms with Crippen molar-refractivity contribution in [3.05, 3.63) is 0 Å². The van der Waals surface area contributed by atoms with E-state index in [9.17, 15) is 15.3 Å². The van der Waals surface area contributed by atoms with Crippen LogP contribution in [0.3, 0.4) is 0 Å². The Hall–Kier alpha value is -0.160. The number of hydrogen-bond donors (Lipinski definition) is 3. The Bertz CT molecular complexity index is 752. The first-order valence-electron chi connectivity index (χ1n) is 14.3. The van der Waals surface area contributed by atoms with Gasteiger partial charge >= 0.3 is 0 Å². The zero-order valence-corrected chi connectivity index (χ0v) is 23.4. The first-order valence-corrected chi connectivity index (χ1v) is 14.3. The molecule has 0 radical (unpaired) electrons.